The number of thiol groups is 1. The molecule has 3 saturated carbocycles. The molecule has 5 rings (SSSR count). The predicted octanol–water partition coefficient (Wildman–Crippen LogP) is 4.50. The number of allylic oxidation sites excluding steroid dienone is 1. The molecule has 1 saturated heterocycles. The van der Waals surface area contributed by atoms with Crippen molar-refractivity contribution in [3.8, 4) is 0 Å². The predicted molar refractivity (Wildman–Crippen MR) is 103 cm³/mol. The summed E-state index contributed by atoms with van der Waals surface area (Å²) in [7, 11) is 0. The van der Waals surface area contributed by atoms with Crippen LogP contribution < -0.4 is 0 Å². The van der Waals surface area contributed by atoms with E-state index in [1.165, 1.54) is 12.0 Å². The molecule has 3 unspecified atom stereocenters. The highest BCUT2D eigenvalue weighted by atomic mass is 32.1. The van der Waals surface area contributed by atoms with Gasteiger partial charge in [-0.15, -0.1) is 0 Å². The van der Waals surface area contributed by atoms with Crippen LogP contribution in [0.25, 0.3) is 0 Å². The fourth-order valence-corrected chi connectivity index (χ4v) is 8.44. The van der Waals surface area contributed by atoms with Crippen molar-refractivity contribution in [1.82, 2.24) is 0 Å². The third kappa shape index (κ3) is 2.03. The first-order valence-electron chi connectivity index (χ1n) is 10.4. The van der Waals surface area contributed by atoms with E-state index < -0.39 is 0 Å². The van der Waals surface area contributed by atoms with Gasteiger partial charge in [-0.25, -0.2) is 0 Å². The number of hydrogen-bond donors (Lipinski definition) is 1. The maximum absolute atomic E-state index is 12.0. The molecule has 1 aliphatic heterocycles. The Kier molecular flexibility index (Phi) is 3.60. The zero-order chi connectivity index (χ0) is 18.3. The Labute approximate surface area is 161 Å². The number of carbonyl (C=O) groups is 2. The third-order valence-corrected chi connectivity index (χ3v) is 9.84. The summed E-state index contributed by atoms with van der Waals surface area (Å²) >= 11 is 5.07. The van der Waals surface area contributed by atoms with E-state index in [0.717, 1.165) is 38.5 Å². The molecule has 0 N–H and O–H groups in total. The maximum atomic E-state index is 12.0. The zero-order valence-corrected chi connectivity index (χ0v) is 16.8. The second-order valence-electron chi connectivity index (χ2n) is 10.1. The van der Waals surface area contributed by atoms with Crippen LogP contribution in [-0.2, 0) is 14.3 Å². The van der Waals surface area contributed by atoms with Gasteiger partial charge in [0.25, 0.3) is 0 Å². The van der Waals surface area contributed by atoms with E-state index in [1.54, 1.807) is 0 Å². The molecule has 0 bridgehead atoms. The number of esters is 1. The lowest BCUT2D eigenvalue weighted by Crippen LogP contribution is -2.57. The van der Waals surface area contributed by atoms with E-state index in [9.17, 15) is 9.59 Å². The van der Waals surface area contributed by atoms with Crippen molar-refractivity contribution in [2.24, 2.45) is 28.6 Å². The quantitative estimate of drug-likeness (QED) is 0.501. The van der Waals surface area contributed by atoms with Crippen LogP contribution in [0.3, 0.4) is 0 Å². The molecule has 3 nitrogen and oxygen atoms in total. The van der Waals surface area contributed by atoms with Crippen LogP contribution in [0.4, 0.5) is 0 Å². The van der Waals surface area contributed by atoms with E-state index in [4.69, 9.17) is 17.4 Å². The summed E-state index contributed by atoms with van der Waals surface area (Å²) in [6, 6.07) is 0. The summed E-state index contributed by atoms with van der Waals surface area (Å²) in [5, 5.41) is 0.321. The Morgan fingerprint density at radius 2 is 1.81 bits per heavy atom. The van der Waals surface area contributed by atoms with E-state index in [0.29, 0.717) is 41.6 Å². The van der Waals surface area contributed by atoms with Gasteiger partial charge in [-0.2, -0.15) is 12.6 Å². The fourth-order valence-electron chi connectivity index (χ4n) is 7.82. The van der Waals surface area contributed by atoms with Crippen LogP contribution in [0.5, 0.6) is 0 Å². The van der Waals surface area contributed by atoms with Crippen LogP contribution in [0.2, 0.25) is 0 Å². The van der Waals surface area contributed by atoms with Crippen LogP contribution in [0, 0.1) is 28.6 Å². The SMILES string of the molecule is C[C@]12CCC(=O)C=C1CC(S)[C@@H]1C2CC[C@@]2(C)C1CC[C@@]21CCC(=O)O1. The van der Waals surface area contributed by atoms with E-state index in [-0.39, 0.29) is 22.4 Å². The number of hydrogen-bond acceptors (Lipinski definition) is 4. The third-order valence-electron chi connectivity index (χ3n) is 9.32. The van der Waals surface area contributed by atoms with Gasteiger partial charge in [0.05, 0.1) is 0 Å². The highest BCUT2D eigenvalue weighted by molar-refractivity contribution is 7.81. The molecule has 26 heavy (non-hydrogen) atoms. The molecular formula is C22H30O3S. The lowest BCUT2D eigenvalue weighted by atomic mass is 9.46. The van der Waals surface area contributed by atoms with E-state index in [2.05, 4.69) is 13.8 Å². The van der Waals surface area contributed by atoms with Crippen molar-refractivity contribution >= 4 is 24.4 Å². The van der Waals surface area contributed by atoms with E-state index >= 15 is 0 Å². The number of ketones is 1. The van der Waals surface area contributed by atoms with Crippen molar-refractivity contribution in [2.45, 2.75) is 82.5 Å². The van der Waals surface area contributed by atoms with Crippen molar-refractivity contribution < 1.29 is 14.3 Å². The van der Waals surface area contributed by atoms with E-state index in [1.807, 2.05) is 6.08 Å². The van der Waals surface area contributed by atoms with Gasteiger partial charge in [0.15, 0.2) is 5.78 Å². The second kappa shape index (κ2) is 5.40. The maximum Gasteiger partial charge on any atom is 0.306 e. The molecule has 4 fully saturated rings. The standard InChI is InChI=1S/C22H30O3S/c1-20-7-3-14(23)11-13(20)12-17(26)19-15(20)4-8-21(2)16(19)5-9-22(21)10-6-18(24)25-22/h11,15-17,19,26H,3-10,12H2,1-2H3/t15?,16?,17?,19-,20+,21+,22-/m1/s1. The summed E-state index contributed by atoms with van der Waals surface area (Å²) in [6.07, 6.45) is 10.6. The molecule has 142 valence electrons. The number of carbonyl (C=O) groups excluding carboxylic acids is 2. The first-order chi connectivity index (χ1) is 12.3. The van der Waals surface area contributed by atoms with Crippen molar-refractivity contribution in [1.29, 1.82) is 0 Å². The molecule has 4 aliphatic carbocycles. The van der Waals surface area contributed by atoms with Crippen LogP contribution >= 0.6 is 12.6 Å². The summed E-state index contributed by atoms with van der Waals surface area (Å²) in [4.78, 5) is 24.0. The lowest BCUT2D eigenvalue weighted by molar-refractivity contribution is -0.167. The van der Waals surface area contributed by atoms with Gasteiger partial charge in [0, 0.05) is 23.5 Å². The molecule has 7 atom stereocenters. The minimum Gasteiger partial charge on any atom is -0.458 e. The van der Waals surface area contributed by atoms with Crippen molar-refractivity contribution in [2.75, 3.05) is 0 Å². The molecule has 1 heterocycles. The molecule has 4 heteroatoms. The molecular weight excluding hydrogens is 344 g/mol. The zero-order valence-electron chi connectivity index (χ0n) is 15.9. The normalized spacial score (nSPS) is 53.0. The van der Waals surface area contributed by atoms with Crippen LogP contribution in [-0.4, -0.2) is 22.6 Å². The molecule has 0 radical (unpaired) electrons. The first kappa shape index (κ1) is 17.3. The molecule has 1 spiro atoms. The van der Waals surface area contributed by atoms with Gasteiger partial charge < -0.3 is 4.74 Å². The van der Waals surface area contributed by atoms with Gasteiger partial charge in [-0.05, 0) is 74.2 Å². The van der Waals surface area contributed by atoms with Crippen LogP contribution in [0.1, 0.15) is 71.6 Å². The minimum atomic E-state index is -0.216. The number of fused-ring (bicyclic) bond motifs is 6. The average Bonchev–Trinajstić information content (AvgIpc) is 3.11. The summed E-state index contributed by atoms with van der Waals surface area (Å²) in [5.41, 5.74) is 1.41. The largest absolute Gasteiger partial charge is 0.458 e. The molecule has 0 aromatic carbocycles. The van der Waals surface area contributed by atoms with Gasteiger partial charge >= 0.3 is 5.97 Å². The Bertz CT molecular complexity index is 714. The highest BCUT2D eigenvalue weighted by Gasteiger charge is 2.68. The number of rotatable bonds is 0. The molecule has 5 aliphatic rings. The van der Waals surface area contributed by atoms with Crippen LogP contribution in [0.15, 0.2) is 11.6 Å². The van der Waals surface area contributed by atoms with Gasteiger partial charge in [0.1, 0.15) is 5.60 Å². The monoisotopic (exact) mass is 374 g/mol. The fraction of sp³-hybridized carbons (Fsp3) is 0.818. The smallest absolute Gasteiger partial charge is 0.306 e. The second-order valence-corrected chi connectivity index (χ2v) is 10.7. The first-order valence-corrected chi connectivity index (χ1v) is 10.9. The lowest BCUT2D eigenvalue weighted by Gasteiger charge is -2.60. The summed E-state index contributed by atoms with van der Waals surface area (Å²) in [5.74, 6) is 2.08. The van der Waals surface area contributed by atoms with Crippen molar-refractivity contribution in [3.05, 3.63) is 11.6 Å². The minimum absolute atomic E-state index is 0.00282. The molecule has 0 aromatic rings. The van der Waals surface area contributed by atoms with Gasteiger partial charge in [0.2, 0.25) is 0 Å². The Morgan fingerprint density at radius 1 is 1.04 bits per heavy atom. The van der Waals surface area contributed by atoms with Crippen molar-refractivity contribution in [3.63, 3.8) is 0 Å². The highest BCUT2D eigenvalue weighted by Crippen LogP contribution is 2.70. The average molecular weight is 375 g/mol. The topological polar surface area (TPSA) is 43.4 Å². The molecule has 0 aromatic heterocycles. The Hall–Kier alpha value is -0.770. The summed E-state index contributed by atoms with van der Waals surface area (Å²) in [6.45, 7) is 4.81. The summed E-state index contributed by atoms with van der Waals surface area (Å²) < 4.78 is 6.02. The Balaban J connectivity index is 1.53. The van der Waals surface area contributed by atoms with Gasteiger partial charge in [-0.3, -0.25) is 9.59 Å². The Morgan fingerprint density at radius 3 is 2.54 bits per heavy atom. The molecule has 0 amide bonds. The number of ether oxygens (including phenoxy) is 1. The van der Waals surface area contributed by atoms with Gasteiger partial charge in [-0.1, -0.05) is 19.4 Å².